The summed E-state index contributed by atoms with van der Waals surface area (Å²) in [7, 11) is 1.27. The maximum Gasteiger partial charge on any atom is 0.340 e. The number of likely N-dealkylation sites (tertiary alicyclic amines) is 1. The first-order chi connectivity index (χ1) is 15.9. The van der Waals surface area contributed by atoms with Crippen LogP contribution in [-0.4, -0.2) is 42.2 Å². The van der Waals surface area contributed by atoms with Crippen molar-refractivity contribution in [1.82, 2.24) is 9.88 Å². The SMILES string of the molecule is COC(=O)c1cc(C2CC2)c(O[C@@H]2CCCN(C(C)c3ccc(Cl)c(C4CC4)n3)C2)cc1F. The predicted molar refractivity (Wildman–Crippen MR) is 125 cm³/mol. The molecule has 1 aromatic carbocycles. The first-order valence-electron chi connectivity index (χ1n) is 11.9. The lowest BCUT2D eigenvalue weighted by atomic mass is 10.0. The van der Waals surface area contributed by atoms with E-state index in [2.05, 4.69) is 11.8 Å². The van der Waals surface area contributed by atoms with Crippen LogP contribution < -0.4 is 4.74 Å². The van der Waals surface area contributed by atoms with Gasteiger partial charge < -0.3 is 9.47 Å². The Morgan fingerprint density at radius 2 is 1.94 bits per heavy atom. The van der Waals surface area contributed by atoms with Gasteiger partial charge in [-0.15, -0.1) is 0 Å². The van der Waals surface area contributed by atoms with Gasteiger partial charge in [-0.2, -0.15) is 0 Å². The molecule has 0 amide bonds. The van der Waals surface area contributed by atoms with Crippen molar-refractivity contribution in [3.8, 4) is 5.75 Å². The largest absolute Gasteiger partial charge is 0.489 e. The van der Waals surface area contributed by atoms with Crippen LogP contribution in [0.15, 0.2) is 24.3 Å². The number of carbonyl (C=O) groups is 1. The summed E-state index contributed by atoms with van der Waals surface area (Å²) in [5.41, 5.74) is 2.96. The monoisotopic (exact) mass is 472 g/mol. The highest BCUT2D eigenvalue weighted by Gasteiger charge is 2.33. The molecular weight excluding hydrogens is 443 g/mol. The van der Waals surface area contributed by atoms with E-state index < -0.39 is 11.8 Å². The Morgan fingerprint density at radius 1 is 1.18 bits per heavy atom. The van der Waals surface area contributed by atoms with Gasteiger partial charge in [-0.3, -0.25) is 9.88 Å². The third-order valence-electron chi connectivity index (χ3n) is 7.06. The normalized spacial score (nSPS) is 22.1. The number of aromatic nitrogens is 1. The van der Waals surface area contributed by atoms with E-state index in [-0.39, 0.29) is 17.7 Å². The summed E-state index contributed by atoms with van der Waals surface area (Å²) in [5.74, 6) is 0.134. The number of ether oxygens (including phenoxy) is 2. The second-order valence-electron chi connectivity index (χ2n) is 9.57. The zero-order valence-corrected chi connectivity index (χ0v) is 19.9. The van der Waals surface area contributed by atoms with Crippen LogP contribution in [0.1, 0.15) is 90.6 Å². The highest BCUT2D eigenvalue weighted by molar-refractivity contribution is 6.31. The molecule has 3 fully saturated rings. The average Bonchev–Trinajstić information content (AvgIpc) is 3.72. The van der Waals surface area contributed by atoms with Gasteiger partial charge in [0.15, 0.2) is 0 Å². The number of hydrogen-bond acceptors (Lipinski definition) is 5. The molecule has 7 heteroatoms. The van der Waals surface area contributed by atoms with Gasteiger partial charge in [0, 0.05) is 24.6 Å². The van der Waals surface area contributed by atoms with Crippen LogP contribution in [0.5, 0.6) is 5.75 Å². The van der Waals surface area contributed by atoms with Crippen LogP contribution in [0.4, 0.5) is 4.39 Å². The van der Waals surface area contributed by atoms with E-state index in [9.17, 15) is 9.18 Å². The number of carbonyl (C=O) groups excluding carboxylic acids is 1. The molecule has 2 saturated carbocycles. The zero-order valence-electron chi connectivity index (χ0n) is 19.2. The number of benzene rings is 1. The fourth-order valence-electron chi connectivity index (χ4n) is 4.78. The van der Waals surface area contributed by atoms with E-state index in [0.29, 0.717) is 17.6 Å². The molecule has 0 bridgehead atoms. The molecule has 5 nitrogen and oxygen atoms in total. The topological polar surface area (TPSA) is 51.7 Å². The van der Waals surface area contributed by atoms with Crippen molar-refractivity contribution in [2.24, 2.45) is 0 Å². The van der Waals surface area contributed by atoms with Crippen LogP contribution in [-0.2, 0) is 4.74 Å². The molecule has 0 radical (unpaired) electrons. The molecule has 0 N–H and O–H groups in total. The number of hydrogen-bond donors (Lipinski definition) is 0. The second kappa shape index (κ2) is 9.22. The van der Waals surface area contributed by atoms with Crippen molar-refractivity contribution in [3.05, 3.63) is 57.6 Å². The zero-order chi connectivity index (χ0) is 23.1. The van der Waals surface area contributed by atoms with Crippen molar-refractivity contribution in [2.75, 3.05) is 20.2 Å². The third-order valence-corrected chi connectivity index (χ3v) is 7.38. The molecule has 33 heavy (non-hydrogen) atoms. The quantitative estimate of drug-likeness (QED) is 0.461. The Kier molecular flexibility index (Phi) is 6.32. The number of halogens is 2. The Morgan fingerprint density at radius 3 is 2.64 bits per heavy atom. The highest BCUT2D eigenvalue weighted by atomic mass is 35.5. The van der Waals surface area contributed by atoms with E-state index >= 15 is 0 Å². The van der Waals surface area contributed by atoms with Gasteiger partial charge in [0.1, 0.15) is 17.7 Å². The van der Waals surface area contributed by atoms with Crippen molar-refractivity contribution >= 4 is 17.6 Å². The standard InChI is InChI=1S/C26H30ClFN2O3/c1-15(23-10-9-21(27)25(29-23)17-7-8-17)30-11-3-4-18(14-30)33-24-13-22(28)20(26(31)32-2)12-19(24)16-5-6-16/h9-10,12-13,15-18H,3-8,11,14H2,1-2H3/t15?,18-/m1/s1. The summed E-state index contributed by atoms with van der Waals surface area (Å²) in [4.78, 5) is 19.2. The maximum absolute atomic E-state index is 14.7. The van der Waals surface area contributed by atoms with Crippen molar-refractivity contribution < 1.29 is 18.7 Å². The third kappa shape index (κ3) is 4.87. The molecule has 2 heterocycles. The smallest absolute Gasteiger partial charge is 0.340 e. The van der Waals surface area contributed by atoms with Crippen molar-refractivity contribution in [3.63, 3.8) is 0 Å². The molecule has 2 aromatic rings. The summed E-state index contributed by atoms with van der Waals surface area (Å²) in [6.45, 7) is 3.89. The summed E-state index contributed by atoms with van der Waals surface area (Å²) in [6.07, 6.45) is 6.26. The lowest BCUT2D eigenvalue weighted by Crippen LogP contribution is -2.42. The van der Waals surface area contributed by atoms with Crippen LogP contribution >= 0.6 is 11.6 Å². The van der Waals surface area contributed by atoms with Crippen molar-refractivity contribution in [1.29, 1.82) is 0 Å². The average molecular weight is 473 g/mol. The number of esters is 1. The van der Waals surface area contributed by atoms with Crippen LogP contribution in [0.3, 0.4) is 0 Å². The van der Waals surface area contributed by atoms with Gasteiger partial charge in [-0.25, -0.2) is 9.18 Å². The minimum absolute atomic E-state index is 0.0223. The second-order valence-corrected chi connectivity index (χ2v) is 9.97. The van der Waals surface area contributed by atoms with Gasteiger partial charge in [0.25, 0.3) is 0 Å². The Bertz CT molecular complexity index is 1050. The van der Waals surface area contributed by atoms with Gasteiger partial charge >= 0.3 is 5.97 Å². The predicted octanol–water partition coefficient (Wildman–Crippen LogP) is 6.02. The Balaban J connectivity index is 1.32. The summed E-state index contributed by atoms with van der Waals surface area (Å²) < 4.78 is 25.8. The molecule has 5 rings (SSSR count). The summed E-state index contributed by atoms with van der Waals surface area (Å²) in [5, 5.41) is 0.762. The Labute approximate surface area is 199 Å². The Hall–Kier alpha value is -2.18. The number of piperidine rings is 1. The van der Waals surface area contributed by atoms with Gasteiger partial charge in [-0.05, 0) is 81.7 Å². The van der Waals surface area contributed by atoms with Gasteiger partial charge in [-0.1, -0.05) is 11.6 Å². The van der Waals surface area contributed by atoms with E-state index in [1.807, 2.05) is 12.1 Å². The highest BCUT2D eigenvalue weighted by Crippen LogP contribution is 2.46. The van der Waals surface area contributed by atoms with Crippen molar-refractivity contribution in [2.45, 2.75) is 69.4 Å². The first kappa shape index (κ1) is 22.6. The van der Waals surface area contributed by atoms with Crippen LogP contribution in [0.25, 0.3) is 0 Å². The fraction of sp³-hybridized carbons (Fsp3) is 0.538. The van der Waals surface area contributed by atoms with E-state index in [1.165, 1.54) is 26.0 Å². The molecular formula is C26H30ClFN2O3. The molecule has 2 aliphatic carbocycles. The summed E-state index contributed by atoms with van der Waals surface area (Å²) in [6, 6.07) is 7.13. The van der Waals surface area contributed by atoms with E-state index in [1.54, 1.807) is 6.07 Å². The van der Waals surface area contributed by atoms with Crippen LogP contribution in [0.2, 0.25) is 5.02 Å². The molecule has 1 aromatic heterocycles. The molecule has 1 unspecified atom stereocenters. The fourth-order valence-corrected chi connectivity index (χ4v) is 5.04. The van der Waals surface area contributed by atoms with E-state index in [0.717, 1.165) is 60.7 Å². The molecule has 2 atom stereocenters. The van der Waals surface area contributed by atoms with Gasteiger partial charge in [0.05, 0.1) is 29.1 Å². The number of pyridine rings is 1. The molecule has 176 valence electrons. The van der Waals surface area contributed by atoms with Gasteiger partial charge in [0.2, 0.25) is 0 Å². The minimum atomic E-state index is -0.653. The molecule has 1 saturated heterocycles. The first-order valence-corrected chi connectivity index (χ1v) is 12.3. The lowest BCUT2D eigenvalue weighted by molar-refractivity contribution is 0.0592. The number of nitrogens with zero attached hydrogens (tertiary/aromatic N) is 2. The lowest BCUT2D eigenvalue weighted by Gasteiger charge is -2.37. The molecule has 0 spiro atoms. The molecule has 1 aliphatic heterocycles. The van der Waals surface area contributed by atoms with E-state index in [4.69, 9.17) is 26.1 Å². The van der Waals surface area contributed by atoms with Crippen LogP contribution in [0, 0.1) is 5.82 Å². The number of methoxy groups -OCH3 is 1. The molecule has 3 aliphatic rings. The minimum Gasteiger partial charge on any atom is -0.489 e. The summed E-state index contributed by atoms with van der Waals surface area (Å²) >= 11 is 6.38. The maximum atomic E-state index is 14.7. The number of rotatable bonds is 7.